The molecule has 3 atom stereocenters. The van der Waals surface area contributed by atoms with Crippen LogP contribution in [0.2, 0.25) is 0 Å². The molecule has 3 nitrogen and oxygen atoms in total. The minimum Gasteiger partial charge on any atom is -0.390 e. The third-order valence-corrected chi connectivity index (χ3v) is 3.24. The second kappa shape index (κ2) is 4.40. The number of aliphatic hydroxyl groups is 1. The van der Waals surface area contributed by atoms with E-state index in [4.69, 9.17) is 5.73 Å². The number of nitrogens with one attached hydrogen (secondary N) is 1. The van der Waals surface area contributed by atoms with Gasteiger partial charge in [-0.3, -0.25) is 0 Å². The summed E-state index contributed by atoms with van der Waals surface area (Å²) in [5, 5.41) is 13.5. The van der Waals surface area contributed by atoms with Crippen LogP contribution in [0.1, 0.15) is 33.1 Å². The minimum atomic E-state index is -0.614. The first-order valence-electron chi connectivity index (χ1n) is 5.22. The molecule has 0 spiro atoms. The van der Waals surface area contributed by atoms with Crippen molar-refractivity contribution < 1.29 is 5.11 Å². The van der Waals surface area contributed by atoms with Crippen LogP contribution in [0.5, 0.6) is 0 Å². The third kappa shape index (κ3) is 2.93. The molecular formula is C10H22N2O. The van der Waals surface area contributed by atoms with E-state index in [1.54, 1.807) is 0 Å². The van der Waals surface area contributed by atoms with Gasteiger partial charge in [-0.25, -0.2) is 0 Å². The molecule has 1 aliphatic heterocycles. The van der Waals surface area contributed by atoms with E-state index in [1.807, 2.05) is 13.8 Å². The standard InChI is InChI=1S/C10H22N2O/c1-8(7-11)10(2,13)6-9-4-3-5-12-9/h8-9,12-13H,3-7,11H2,1-2H3. The van der Waals surface area contributed by atoms with E-state index in [2.05, 4.69) is 5.32 Å². The zero-order valence-corrected chi connectivity index (χ0v) is 8.71. The van der Waals surface area contributed by atoms with E-state index < -0.39 is 5.60 Å². The first-order chi connectivity index (χ1) is 6.06. The molecule has 0 aliphatic carbocycles. The topological polar surface area (TPSA) is 58.3 Å². The number of nitrogens with two attached hydrogens (primary N) is 1. The van der Waals surface area contributed by atoms with Gasteiger partial charge >= 0.3 is 0 Å². The van der Waals surface area contributed by atoms with Crippen LogP contribution in [0.25, 0.3) is 0 Å². The van der Waals surface area contributed by atoms with Gasteiger partial charge < -0.3 is 16.2 Å². The molecule has 1 rings (SSSR count). The van der Waals surface area contributed by atoms with E-state index in [0.717, 1.165) is 13.0 Å². The first kappa shape index (κ1) is 11.0. The Kier molecular flexibility index (Phi) is 3.71. The van der Waals surface area contributed by atoms with Crippen LogP contribution in [0.15, 0.2) is 0 Å². The van der Waals surface area contributed by atoms with Crippen LogP contribution in [0.4, 0.5) is 0 Å². The molecule has 0 saturated carbocycles. The molecule has 0 amide bonds. The summed E-state index contributed by atoms with van der Waals surface area (Å²) in [4.78, 5) is 0. The van der Waals surface area contributed by atoms with Crippen molar-refractivity contribution in [1.29, 1.82) is 0 Å². The van der Waals surface area contributed by atoms with Crippen molar-refractivity contribution in [2.24, 2.45) is 11.7 Å². The van der Waals surface area contributed by atoms with Crippen molar-refractivity contribution in [3.05, 3.63) is 0 Å². The molecule has 0 radical (unpaired) electrons. The molecule has 0 bridgehead atoms. The molecule has 78 valence electrons. The fraction of sp³-hybridized carbons (Fsp3) is 1.00. The van der Waals surface area contributed by atoms with Gasteiger partial charge in [0.25, 0.3) is 0 Å². The van der Waals surface area contributed by atoms with Crippen LogP contribution < -0.4 is 11.1 Å². The summed E-state index contributed by atoms with van der Waals surface area (Å²) in [5.74, 6) is 0.176. The minimum absolute atomic E-state index is 0.176. The van der Waals surface area contributed by atoms with E-state index in [0.29, 0.717) is 12.6 Å². The molecule has 1 fully saturated rings. The third-order valence-electron chi connectivity index (χ3n) is 3.24. The summed E-state index contributed by atoms with van der Waals surface area (Å²) in [6.45, 7) is 5.55. The average Bonchev–Trinajstić information content (AvgIpc) is 2.54. The highest BCUT2D eigenvalue weighted by Crippen LogP contribution is 2.24. The maximum Gasteiger partial charge on any atom is 0.0672 e. The van der Waals surface area contributed by atoms with Gasteiger partial charge in [0.15, 0.2) is 0 Å². The number of rotatable bonds is 4. The summed E-state index contributed by atoms with van der Waals surface area (Å²) < 4.78 is 0. The Morgan fingerprint density at radius 3 is 2.85 bits per heavy atom. The second-order valence-electron chi connectivity index (χ2n) is 4.49. The summed E-state index contributed by atoms with van der Waals surface area (Å²) >= 11 is 0. The van der Waals surface area contributed by atoms with Gasteiger partial charge in [-0.15, -0.1) is 0 Å². The SMILES string of the molecule is CC(CN)C(C)(O)CC1CCCN1. The zero-order valence-electron chi connectivity index (χ0n) is 8.71. The molecule has 1 saturated heterocycles. The molecule has 13 heavy (non-hydrogen) atoms. The molecule has 3 heteroatoms. The Bertz CT molecular complexity index is 153. The maximum atomic E-state index is 10.1. The van der Waals surface area contributed by atoms with Gasteiger partial charge in [0, 0.05) is 6.04 Å². The van der Waals surface area contributed by atoms with Crippen molar-refractivity contribution >= 4 is 0 Å². The van der Waals surface area contributed by atoms with Crippen molar-refractivity contribution in [1.82, 2.24) is 5.32 Å². The van der Waals surface area contributed by atoms with Crippen LogP contribution in [-0.4, -0.2) is 29.8 Å². The molecule has 0 aromatic heterocycles. The molecule has 1 heterocycles. The van der Waals surface area contributed by atoms with Gasteiger partial charge in [-0.05, 0) is 45.2 Å². The molecule has 0 aromatic carbocycles. The monoisotopic (exact) mass is 186 g/mol. The summed E-state index contributed by atoms with van der Waals surface area (Å²) in [6, 6.07) is 0.490. The van der Waals surface area contributed by atoms with Crippen molar-refractivity contribution in [3.63, 3.8) is 0 Å². The smallest absolute Gasteiger partial charge is 0.0672 e. The molecule has 3 unspecified atom stereocenters. The van der Waals surface area contributed by atoms with Gasteiger partial charge in [0.1, 0.15) is 0 Å². The predicted molar refractivity (Wildman–Crippen MR) is 54.5 cm³/mol. The Hall–Kier alpha value is -0.120. The largest absolute Gasteiger partial charge is 0.390 e. The van der Waals surface area contributed by atoms with Crippen LogP contribution >= 0.6 is 0 Å². The van der Waals surface area contributed by atoms with Crippen molar-refractivity contribution in [3.8, 4) is 0 Å². The lowest BCUT2D eigenvalue weighted by Gasteiger charge is -2.32. The Morgan fingerprint density at radius 2 is 2.38 bits per heavy atom. The summed E-state index contributed by atoms with van der Waals surface area (Å²) in [7, 11) is 0. The highest BCUT2D eigenvalue weighted by molar-refractivity contribution is 4.87. The molecule has 0 aromatic rings. The van der Waals surface area contributed by atoms with Crippen LogP contribution in [-0.2, 0) is 0 Å². The van der Waals surface area contributed by atoms with Crippen molar-refractivity contribution in [2.75, 3.05) is 13.1 Å². The summed E-state index contributed by atoms with van der Waals surface area (Å²) in [6.07, 6.45) is 3.25. The zero-order chi connectivity index (χ0) is 9.90. The normalized spacial score (nSPS) is 30.0. The molecule has 4 N–H and O–H groups in total. The van der Waals surface area contributed by atoms with Gasteiger partial charge in [0.2, 0.25) is 0 Å². The Morgan fingerprint density at radius 1 is 1.69 bits per heavy atom. The van der Waals surface area contributed by atoms with E-state index in [9.17, 15) is 5.11 Å². The van der Waals surface area contributed by atoms with E-state index in [1.165, 1.54) is 12.8 Å². The Labute approximate surface area is 80.7 Å². The lowest BCUT2D eigenvalue weighted by molar-refractivity contribution is -0.00553. The fourth-order valence-electron chi connectivity index (χ4n) is 1.88. The van der Waals surface area contributed by atoms with Gasteiger partial charge in [-0.2, -0.15) is 0 Å². The molecule has 1 aliphatic rings. The highest BCUT2D eigenvalue weighted by atomic mass is 16.3. The van der Waals surface area contributed by atoms with E-state index in [-0.39, 0.29) is 5.92 Å². The Balaban J connectivity index is 2.40. The fourth-order valence-corrected chi connectivity index (χ4v) is 1.88. The number of hydrogen-bond donors (Lipinski definition) is 3. The quantitative estimate of drug-likeness (QED) is 0.598. The average molecular weight is 186 g/mol. The predicted octanol–water partition coefficient (Wildman–Crippen LogP) is 0.474. The lowest BCUT2D eigenvalue weighted by atomic mass is 9.84. The van der Waals surface area contributed by atoms with Gasteiger partial charge in [-0.1, -0.05) is 6.92 Å². The van der Waals surface area contributed by atoms with Crippen LogP contribution in [0, 0.1) is 5.92 Å². The molecular weight excluding hydrogens is 164 g/mol. The van der Waals surface area contributed by atoms with Gasteiger partial charge in [0.05, 0.1) is 5.60 Å². The van der Waals surface area contributed by atoms with Crippen molar-refractivity contribution in [2.45, 2.75) is 44.8 Å². The number of hydrogen-bond acceptors (Lipinski definition) is 3. The first-order valence-corrected chi connectivity index (χ1v) is 5.22. The maximum absolute atomic E-state index is 10.1. The van der Waals surface area contributed by atoms with E-state index >= 15 is 0 Å². The highest BCUT2D eigenvalue weighted by Gasteiger charge is 2.31. The van der Waals surface area contributed by atoms with Crippen LogP contribution in [0.3, 0.4) is 0 Å². The summed E-state index contributed by atoms with van der Waals surface area (Å²) in [5.41, 5.74) is 4.94. The lowest BCUT2D eigenvalue weighted by Crippen LogP contribution is -2.42. The second-order valence-corrected chi connectivity index (χ2v) is 4.49.